The molecule has 1 fully saturated rings. The molecule has 0 radical (unpaired) electrons. The van der Waals surface area contributed by atoms with Crippen molar-refractivity contribution in [2.45, 2.75) is 25.9 Å². The molecule has 21 heavy (non-hydrogen) atoms. The first-order chi connectivity index (χ1) is 9.83. The Balaban J connectivity index is 2.22. The van der Waals surface area contributed by atoms with E-state index in [4.69, 9.17) is 14.0 Å². The maximum absolute atomic E-state index is 5.93. The topological polar surface area (TPSA) is 30.9 Å². The second-order valence-corrected chi connectivity index (χ2v) is 6.13. The smallest absolute Gasteiger partial charge is 0.534 e. The van der Waals surface area contributed by atoms with E-state index >= 15 is 0 Å². The lowest BCUT2D eigenvalue weighted by Crippen LogP contribution is -2.34. The maximum Gasteiger partial charge on any atom is 0.563 e. The zero-order chi connectivity index (χ0) is 15.6. The standard InChI is InChI=1S/C16H24BNO3/c1-12-16(2,3)21-17(20-12)14-7-8-15(19-6)13(11-14)9-10-18(4)5/h7-8,11H,1,9-10H2,2-6H3. The average molecular weight is 289 g/mol. The number of benzene rings is 1. The Bertz CT molecular complexity index is 528. The van der Waals surface area contributed by atoms with Gasteiger partial charge >= 0.3 is 7.12 Å². The van der Waals surface area contributed by atoms with Gasteiger partial charge in [0, 0.05) is 6.54 Å². The molecule has 5 heteroatoms. The molecule has 114 valence electrons. The van der Waals surface area contributed by atoms with Crippen LogP contribution in [0.3, 0.4) is 0 Å². The normalized spacial score (nSPS) is 17.2. The molecule has 1 heterocycles. The molecule has 0 unspecified atom stereocenters. The summed E-state index contributed by atoms with van der Waals surface area (Å²) in [5, 5.41) is 0. The van der Waals surface area contributed by atoms with Gasteiger partial charge in [0.15, 0.2) is 0 Å². The third kappa shape index (κ3) is 3.60. The van der Waals surface area contributed by atoms with Gasteiger partial charge in [0.1, 0.15) is 11.4 Å². The van der Waals surface area contributed by atoms with Crippen LogP contribution in [0.2, 0.25) is 0 Å². The van der Waals surface area contributed by atoms with Crippen LogP contribution in [-0.4, -0.2) is 45.4 Å². The Labute approximate surface area is 127 Å². The van der Waals surface area contributed by atoms with Crippen LogP contribution in [-0.2, 0) is 15.7 Å². The van der Waals surface area contributed by atoms with Crippen molar-refractivity contribution in [2.75, 3.05) is 27.7 Å². The van der Waals surface area contributed by atoms with E-state index in [2.05, 4.69) is 31.6 Å². The fourth-order valence-corrected chi connectivity index (χ4v) is 2.25. The van der Waals surface area contributed by atoms with Gasteiger partial charge in [-0.15, -0.1) is 0 Å². The van der Waals surface area contributed by atoms with Crippen molar-refractivity contribution in [3.8, 4) is 5.75 Å². The lowest BCUT2D eigenvalue weighted by atomic mass is 9.78. The molecule has 1 aliphatic heterocycles. The summed E-state index contributed by atoms with van der Waals surface area (Å²) in [6, 6.07) is 6.06. The molecule has 1 aliphatic rings. The largest absolute Gasteiger partial charge is 0.563 e. The Hall–Kier alpha value is -1.46. The van der Waals surface area contributed by atoms with E-state index in [1.165, 1.54) is 0 Å². The Morgan fingerprint density at radius 3 is 2.57 bits per heavy atom. The minimum Gasteiger partial charge on any atom is -0.534 e. The summed E-state index contributed by atoms with van der Waals surface area (Å²) in [4.78, 5) is 2.15. The van der Waals surface area contributed by atoms with Crippen molar-refractivity contribution in [3.05, 3.63) is 36.1 Å². The second kappa shape index (κ2) is 6.12. The third-order valence-electron chi connectivity index (χ3n) is 3.73. The van der Waals surface area contributed by atoms with Crippen LogP contribution in [0.1, 0.15) is 19.4 Å². The van der Waals surface area contributed by atoms with Gasteiger partial charge in [-0.1, -0.05) is 18.7 Å². The lowest BCUT2D eigenvalue weighted by Gasteiger charge is -2.16. The number of hydrogen-bond donors (Lipinski definition) is 0. The molecule has 2 rings (SSSR count). The number of likely N-dealkylation sites (N-methyl/N-ethyl adjacent to an activating group) is 1. The minimum absolute atomic E-state index is 0.392. The Morgan fingerprint density at radius 2 is 2.05 bits per heavy atom. The zero-order valence-corrected chi connectivity index (χ0v) is 13.6. The number of hydrogen-bond acceptors (Lipinski definition) is 4. The van der Waals surface area contributed by atoms with Gasteiger partial charge in [0.05, 0.1) is 12.9 Å². The van der Waals surface area contributed by atoms with E-state index < -0.39 is 12.7 Å². The fraction of sp³-hybridized carbons (Fsp3) is 0.500. The number of ether oxygens (including phenoxy) is 1. The van der Waals surface area contributed by atoms with Crippen LogP contribution in [0.5, 0.6) is 5.75 Å². The molecule has 0 aromatic heterocycles. The quantitative estimate of drug-likeness (QED) is 0.774. The number of methoxy groups -OCH3 is 1. The molecule has 1 saturated heterocycles. The second-order valence-electron chi connectivity index (χ2n) is 6.13. The average Bonchev–Trinajstić information content (AvgIpc) is 2.70. The summed E-state index contributed by atoms with van der Waals surface area (Å²) in [6.45, 7) is 8.81. The fourth-order valence-electron chi connectivity index (χ4n) is 2.25. The van der Waals surface area contributed by atoms with Crippen molar-refractivity contribution < 1.29 is 14.0 Å². The van der Waals surface area contributed by atoms with E-state index in [1.807, 2.05) is 26.0 Å². The predicted octanol–water partition coefficient (Wildman–Crippen LogP) is 1.83. The highest BCUT2D eigenvalue weighted by Gasteiger charge is 2.42. The molecule has 0 amide bonds. The van der Waals surface area contributed by atoms with Crippen molar-refractivity contribution in [1.82, 2.24) is 4.90 Å². The summed E-state index contributed by atoms with van der Waals surface area (Å²) in [7, 11) is 5.43. The van der Waals surface area contributed by atoms with Gasteiger partial charge < -0.3 is 18.9 Å². The van der Waals surface area contributed by atoms with Crippen LogP contribution in [0.15, 0.2) is 30.5 Å². The van der Waals surface area contributed by atoms with Gasteiger partial charge in [-0.2, -0.15) is 0 Å². The molecule has 1 aromatic carbocycles. The molecule has 0 N–H and O–H groups in total. The summed E-state index contributed by atoms with van der Waals surface area (Å²) < 4.78 is 17.1. The highest BCUT2D eigenvalue weighted by atomic mass is 16.7. The van der Waals surface area contributed by atoms with Crippen LogP contribution in [0, 0.1) is 0 Å². The molecule has 0 bridgehead atoms. The van der Waals surface area contributed by atoms with Gasteiger partial charge in [-0.25, -0.2) is 0 Å². The van der Waals surface area contributed by atoms with Gasteiger partial charge in [-0.05, 0) is 51.5 Å². The van der Waals surface area contributed by atoms with E-state index in [0.717, 1.165) is 29.7 Å². The first kappa shape index (κ1) is 15.9. The first-order valence-corrected chi connectivity index (χ1v) is 7.19. The molecular weight excluding hydrogens is 265 g/mol. The SMILES string of the molecule is C=C1OB(c2ccc(OC)c(CCN(C)C)c2)OC1(C)C. The molecule has 0 aliphatic carbocycles. The van der Waals surface area contributed by atoms with Gasteiger partial charge in [0.25, 0.3) is 0 Å². The predicted molar refractivity (Wildman–Crippen MR) is 86.0 cm³/mol. The van der Waals surface area contributed by atoms with Gasteiger partial charge in [0.2, 0.25) is 0 Å². The lowest BCUT2D eigenvalue weighted by molar-refractivity contribution is 0.173. The van der Waals surface area contributed by atoms with Crippen molar-refractivity contribution >= 4 is 12.6 Å². The van der Waals surface area contributed by atoms with Crippen molar-refractivity contribution in [3.63, 3.8) is 0 Å². The maximum atomic E-state index is 5.93. The summed E-state index contributed by atoms with van der Waals surface area (Å²) in [5.41, 5.74) is 1.71. The van der Waals surface area contributed by atoms with E-state index in [1.54, 1.807) is 7.11 Å². The van der Waals surface area contributed by atoms with Crippen LogP contribution < -0.4 is 10.2 Å². The zero-order valence-electron chi connectivity index (χ0n) is 13.6. The van der Waals surface area contributed by atoms with E-state index in [9.17, 15) is 0 Å². The van der Waals surface area contributed by atoms with Crippen molar-refractivity contribution in [2.24, 2.45) is 0 Å². The Morgan fingerprint density at radius 1 is 1.33 bits per heavy atom. The summed E-state index contributed by atoms with van der Waals surface area (Å²) in [5.74, 6) is 1.56. The van der Waals surface area contributed by atoms with E-state index in [0.29, 0.717) is 5.76 Å². The van der Waals surface area contributed by atoms with E-state index in [-0.39, 0.29) is 0 Å². The molecule has 0 atom stereocenters. The van der Waals surface area contributed by atoms with Gasteiger partial charge in [-0.3, -0.25) is 0 Å². The minimum atomic E-state index is -0.450. The molecule has 0 spiro atoms. The monoisotopic (exact) mass is 289 g/mol. The molecule has 4 nitrogen and oxygen atoms in total. The highest BCUT2D eigenvalue weighted by Crippen LogP contribution is 2.29. The highest BCUT2D eigenvalue weighted by molar-refractivity contribution is 6.62. The molecule has 1 aromatic rings. The summed E-state index contributed by atoms with van der Waals surface area (Å²) >= 11 is 0. The Kier molecular flexibility index (Phi) is 4.64. The molecular formula is C16H24BNO3. The summed E-state index contributed by atoms with van der Waals surface area (Å²) in [6.07, 6.45) is 0.918. The van der Waals surface area contributed by atoms with Crippen LogP contribution in [0.25, 0.3) is 0 Å². The molecule has 0 saturated carbocycles. The third-order valence-corrected chi connectivity index (χ3v) is 3.73. The number of rotatable bonds is 5. The van der Waals surface area contributed by atoms with Crippen LogP contribution >= 0.6 is 0 Å². The first-order valence-electron chi connectivity index (χ1n) is 7.19. The van der Waals surface area contributed by atoms with Crippen LogP contribution in [0.4, 0.5) is 0 Å². The number of nitrogens with zero attached hydrogens (tertiary/aromatic N) is 1. The van der Waals surface area contributed by atoms with Crippen molar-refractivity contribution in [1.29, 1.82) is 0 Å².